The Bertz CT molecular complexity index is 686. The van der Waals surface area contributed by atoms with Crippen molar-refractivity contribution in [2.45, 2.75) is 12.8 Å². The van der Waals surface area contributed by atoms with E-state index < -0.39 is 0 Å². The second-order valence-electron chi connectivity index (χ2n) is 4.64. The Hall–Kier alpha value is -2.82. The molecular weight excluding hydrogens is 266 g/mol. The van der Waals surface area contributed by atoms with Gasteiger partial charge in [0, 0.05) is 36.6 Å². The minimum atomic E-state index is -0.0261. The van der Waals surface area contributed by atoms with E-state index in [0.717, 1.165) is 17.1 Å². The number of benzene rings is 1. The Kier molecular flexibility index (Phi) is 3.82. The Morgan fingerprint density at radius 3 is 2.76 bits per heavy atom. The number of aromatic nitrogens is 2. The van der Waals surface area contributed by atoms with E-state index in [0.29, 0.717) is 12.8 Å². The summed E-state index contributed by atoms with van der Waals surface area (Å²) in [7, 11) is 0. The third kappa shape index (κ3) is 3.39. The zero-order valence-electron chi connectivity index (χ0n) is 11.4. The van der Waals surface area contributed by atoms with Crippen molar-refractivity contribution >= 4 is 11.6 Å². The van der Waals surface area contributed by atoms with Crippen LogP contribution in [0.1, 0.15) is 12.2 Å². The Balaban J connectivity index is 1.56. The molecule has 0 aliphatic heterocycles. The zero-order valence-corrected chi connectivity index (χ0v) is 11.4. The van der Waals surface area contributed by atoms with Crippen LogP contribution < -0.4 is 5.32 Å². The van der Waals surface area contributed by atoms with Gasteiger partial charge in [-0.2, -0.15) is 0 Å². The third-order valence-corrected chi connectivity index (χ3v) is 3.13. The maximum Gasteiger partial charge on any atom is 0.224 e. The SMILES string of the molecule is O=C(CCc1ccco1)Nc1ccc(-n2ccnc2)cc1. The van der Waals surface area contributed by atoms with Gasteiger partial charge in [0.2, 0.25) is 5.91 Å². The molecule has 5 heteroatoms. The van der Waals surface area contributed by atoms with Crippen LogP contribution in [-0.4, -0.2) is 15.5 Å². The number of carbonyl (C=O) groups excluding carboxylic acids is 1. The minimum absolute atomic E-state index is 0.0261. The molecule has 2 heterocycles. The lowest BCUT2D eigenvalue weighted by molar-refractivity contribution is -0.116. The van der Waals surface area contributed by atoms with Gasteiger partial charge in [-0.1, -0.05) is 0 Å². The van der Waals surface area contributed by atoms with Gasteiger partial charge in [-0.05, 0) is 36.4 Å². The van der Waals surface area contributed by atoms with Gasteiger partial charge in [0.15, 0.2) is 0 Å². The predicted octanol–water partition coefficient (Wildman–Crippen LogP) is 3.04. The summed E-state index contributed by atoms with van der Waals surface area (Å²) in [4.78, 5) is 15.9. The van der Waals surface area contributed by atoms with Crippen molar-refractivity contribution in [1.82, 2.24) is 9.55 Å². The highest BCUT2D eigenvalue weighted by Gasteiger charge is 2.05. The molecule has 0 unspecified atom stereocenters. The van der Waals surface area contributed by atoms with Crippen LogP contribution in [0.3, 0.4) is 0 Å². The maximum absolute atomic E-state index is 11.9. The smallest absolute Gasteiger partial charge is 0.224 e. The highest BCUT2D eigenvalue weighted by Crippen LogP contribution is 2.13. The molecule has 21 heavy (non-hydrogen) atoms. The first kappa shape index (κ1) is 13.2. The van der Waals surface area contributed by atoms with Gasteiger partial charge in [-0.3, -0.25) is 4.79 Å². The van der Waals surface area contributed by atoms with Crippen molar-refractivity contribution in [1.29, 1.82) is 0 Å². The summed E-state index contributed by atoms with van der Waals surface area (Å²) in [5, 5.41) is 2.87. The molecule has 0 atom stereocenters. The molecule has 106 valence electrons. The van der Waals surface area contributed by atoms with E-state index in [4.69, 9.17) is 4.42 Å². The average Bonchev–Trinajstić information content (AvgIpc) is 3.19. The van der Waals surface area contributed by atoms with Gasteiger partial charge in [-0.25, -0.2) is 4.98 Å². The van der Waals surface area contributed by atoms with Crippen molar-refractivity contribution in [3.8, 4) is 5.69 Å². The summed E-state index contributed by atoms with van der Waals surface area (Å²) in [5.41, 5.74) is 1.78. The fraction of sp³-hybridized carbons (Fsp3) is 0.125. The minimum Gasteiger partial charge on any atom is -0.469 e. The van der Waals surface area contributed by atoms with Crippen molar-refractivity contribution in [3.05, 3.63) is 67.1 Å². The van der Waals surface area contributed by atoms with Crippen LogP contribution in [0.5, 0.6) is 0 Å². The van der Waals surface area contributed by atoms with Crippen LogP contribution in [0.2, 0.25) is 0 Å². The molecule has 2 aromatic heterocycles. The van der Waals surface area contributed by atoms with Gasteiger partial charge in [0.25, 0.3) is 0 Å². The number of anilines is 1. The number of hydrogen-bond donors (Lipinski definition) is 1. The normalized spacial score (nSPS) is 10.5. The lowest BCUT2D eigenvalue weighted by Gasteiger charge is -2.06. The Morgan fingerprint density at radius 1 is 1.24 bits per heavy atom. The second kappa shape index (κ2) is 6.09. The number of aryl methyl sites for hydroxylation is 1. The molecule has 3 rings (SSSR count). The molecule has 0 saturated carbocycles. The molecule has 0 saturated heterocycles. The molecule has 0 aliphatic rings. The summed E-state index contributed by atoms with van der Waals surface area (Å²) in [5.74, 6) is 0.794. The molecule has 0 aliphatic carbocycles. The molecule has 1 N–H and O–H groups in total. The monoisotopic (exact) mass is 281 g/mol. The number of nitrogens with one attached hydrogen (secondary N) is 1. The van der Waals surface area contributed by atoms with Crippen molar-refractivity contribution in [2.75, 3.05) is 5.32 Å². The van der Waals surface area contributed by atoms with Gasteiger partial charge in [0.1, 0.15) is 5.76 Å². The Labute approximate surface area is 122 Å². The topological polar surface area (TPSA) is 60.1 Å². The van der Waals surface area contributed by atoms with Crippen LogP contribution in [0.25, 0.3) is 5.69 Å². The van der Waals surface area contributed by atoms with Crippen LogP contribution in [0.4, 0.5) is 5.69 Å². The summed E-state index contributed by atoms with van der Waals surface area (Å²) in [6.07, 6.45) is 7.95. The molecule has 0 fully saturated rings. The molecular formula is C16H15N3O2. The van der Waals surface area contributed by atoms with E-state index in [1.54, 1.807) is 18.8 Å². The van der Waals surface area contributed by atoms with E-state index >= 15 is 0 Å². The first-order valence-electron chi connectivity index (χ1n) is 6.72. The van der Waals surface area contributed by atoms with E-state index in [1.807, 2.05) is 47.2 Å². The van der Waals surface area contributed by atoms with Crippen LogP contribution in [-0.2, 0) is 11.2 Å². The van der Waals surface area contributed by atoms with E-state index in [9.17, 15) is 4.79 Å². The number of imidazole rings is 1. The molecule has 0 bridgehead atoms. The molecule has 5 nitrogen and oxygen atoms in total. The summed E-state index contributed by atoms with van der Waals surface area (Å²) < 4.78 is 7.11. The fourth-order valence-corrected chi connectivity index (χ4v) is 2.04. The molecule has 1 aromatic carbocycles. The Morgan fingerprint density at radius 2 is 2.10 bits per heavy atom. The van der Waals surface area contributed by atoms with Gasteiger partial charge >= 0.3 is 0 Å². The van der Waals surface area contributed by atoms with Gasteiger partial charge in [0.05, 0.1) is 12.6 Å². The largest absolute Gasteiger partial charge is 0.469 e. The van der Waals surface area contributed by atoms with E-state index in [1.165, 1.54) is 0 Å². The first-order valence-corrected chi connectivity index (χ1v) is 6.72. The molecule has 3 aromatic rings. The molecule has 0 radical (unpaired) electrons. The predicted molar refractivity (Wildman–Crippen MR) is 79.2 cm³/mol. The van der Waals surface area contributed by atoms with Gasteiger partial charge in [-0.15, -0.1) is 0 Å². The number of amides is 1. The summed E-state index contributed by atoms with van der Waals surface area (Å²) in [6.45, 7) is 0. The number of carbonyl (C=O) groups is 1. The summed E-state index contributed by atoms with van der Waals surface area (Å²) >= 11 is 0. The number of nitrogens with zero attached hydrogens (tertiary/aromatic N) is 2. The fourth-order valence-electron chi connectivity index (χ4n) is 2.04. The second-order valence-corrected chi connectivity index (χ2v) is 4.64. The van der Waals surface area contributed by atoms with E-state index in [-0.39, 0.29) is 5.91 Å². The van der Waals surface area contributed by atoms with Crippen LogP contribution in [0, 0.1) is 0 Å². The first-order chi connectivity index (χ1) is 10.3. The van der Waals surface area contributed by atoms with Crippen molar-refractivity contribution < 1.29 is 9.21 Å². The van der Waals surface area contributed by atoms with Crippen molar-refractivity contribution in [3.63, 3.8) is 0 Å². The molecule has 1 amide bonds. The lowest BCUT2D eigenvalue weighted by Crippen LogP contribution is -2.12. The number of hydrogen-bond acceptors (Lipinski definition) is 3. The summed E-state index contributed by atoms with van der Waals surface area (Å²) in [6, 6.07) is 11.3. The van der Waals surface area contributed by atoms with Crippen molar-refractivity contribution in [2.24, 2.45) is 0 Å². The third-order valence-electron chi connectivity index (χ3n) is 3.13. The van der Waals surface area contributed by atoms with Crippen LogP contribution in [0.15, 0.2) is 65.8 Å². The van der Waals surface area contributed by atoms with Gasteiger partial charge < -0.3 is 14.3 Å². The number of furan rings is 1. The van der Waals surface area contributed by atoms with E-state index in [2.05, 4.69) is 10.3 Å². The average molecular weight is 281 g/mol. The molecule has 0 spiro atoms. The quantitative estimate of drug-likeness (QED) is 0.782. The standard InChI is InChI=1S/C16H15N3O2/c20-16(8-7-15-2-1-11-21-15)18-13-3-5-14(6-4-13)19-10-9-17-12-19/h1-6,9-12H,7-8H2,(H,18,20). The van der Waals surface area contributed by atoms with Crippen LogP contribution >= 0.6 is 0 Å². The highest BCUT2D eigenvalue weighted by molar-refractivity contribution is 5.90. The lowest BCUT2D eigenvalue weighted by atomic mass is 10.2. The maximum atomic E-state index is 11.9. The zero-order chi connectivity index (χ0) is 14.5. The number of rotatable bonds is 5. The highest BCUT2D eigenvalue weighted by atomic mass is 16.3.